The molecule has 2 rings (SSSR count). The molecule has 1 atom stereocenters. The smallest absolute Gasteiger partial charge is 0.0844 e. The van der Waals surface area contributed by atoms with Crippen molar-refractivity contribution in [3.8, 4) is 0 Å². The molecule has 0 bridgehead atoms. The molecule has 0 amide bonds. The van der Waals surface area contributed by atoms with Crippen molar-refractivity contribution in [2.24, 2.45) is 11.8 Å². The van der Waals surface area contributed by atoms with Gasteiger partial charge in [-0.3, -0.25) is 11.3 Å². The van der Waals surface area contributed by atoms with E-state index in [-0.39, 0.29) is 5.60 Å². The zero-order valence-electron chi connectivity index (χ0n) is 10.5. The summed E-state index contributed by atoms with van der Waals surface area (Å²) in [7, 11) is 1.85. The third-order valence-electron chi connectivity index (χ3n) is 4.50. The summed E-state index contributed by atoms with van der Waals surface area (Å²) < 4.78 is 5.84. The van der Waals surface area contributed by atoms with E-state index in [2.05, 4.69) is 5.43 Å². The molecule has 0 aliphatic heterocycles. The lowest BCUT2D eigenvalue weighted by atomic mass is 9.77. The third kappa shape index (κ3) is 2.76. The monoisotopic (exact) mass is 226 g/mol. The van der Waals surface area contributed by atoms with Gasteiger partial charge in [-0.2, -0.15) is 0 Å². The molecular formula is C13H26N2O. The molecule has 0 aromatic heterocycles. The number of hydrogen-bond acceptors (Lipinski definition) is 3. The Balaban J connectivity index is 1.91. The number of methoxy groups -OCH3 is 1. The minimum atomic E-state index is 0.0158. The number of nitrogens with two attached hydrogens (primary N) is 1. The van der Waals surface area contributed by atoms with Crippen LogP contribution >= 0.6 is 0 Å². The van der Waals surface area contributed by atoms with Gasteiger partial charge in [0.15, 0.2) is 0 Å². The zero-order valence-corrected chi connectivity index (χ0v) is 10.5. The van der Waals surface area contributed by atoms with E-state index >= 15 is 0 Å². The van der Waals surface area contributed by atoms with Crippen molar-refractivity contribution < 1.29 is 4.74 Å². The maximum absolute atomic E-state index is 5.84. The Bertz CT molecular complexity index is 210. The molecule has 0 saturated heterocycles. The Morgan fingerprint density at radius 3 is 2.50 bits per heavy atom. The van der Waals surface area contributed by atoms with Gasteiger partial charge in [-0.15, -0.1) is 0 Å². The first-order valence-corrected chi connectivity index (χ1v) is 6.82. The minimum absolute atomic E-state index is 0.0158. The van der Waals surface area contributed by atoms with Gasteiger partial charge in [-0.05, 0) is 31.6 Å². The fourth-order valence-corrected chi connectivity index (χ4v) is 3.15. The van der Waals surface area contributed by atoms with E-state index in [0.717, 1.165) is 5.92 Å². The van der Waals surface area contributed by atoms with E-state index in [9.17, 15) is 0 Å². The van der Waals surface area contributed by atoms with Gasteiger partial charge in [0.25, 0.3) is 0 Å². The molecule has 16 heavy (non-hydrogen) atoms. The largest absolute Gasteiger partial charge is 0.377 e. The predicted molar refractivity (Wildman–Crippen MR) is 65.9 cm³/mol. The Morgan fingerprint density at radius 1 is 1.31 bits per heavy atom. The first kappa shape index (κ1) is 12.3. The summed E-state index contributed by atoms with van der Waals surface area (Å²) in [6.45, 7) is 0. The predicted octanol–water partition coefficient (Wildman–Crippen LogP) is 2.36. The van der Waals surface area contributed by atoms with Crippen LogP contribution in [0.2, 0.25) is 0 Å². The van der Waals surface area contributed by atoms with Crippen molar-refractivity contribution in [1.29, 1.82) is 0 Å². The molecule has 3 nitrogen and oxygen atoms in total. The Morgan fingerprint density at radius 2 is 2.00 bits per heavy atom. The molecule has 0 aromatic carbocycles. The van der Waals surface area contributed by atoms with Gasteiger partial charge >= 0.3 is 0 Å². The lowest BCUT2D eigenvalue weighted by molar-refractivity contribution is -0.0699. The zero-order chi connectivity index (χ0) is 11.4. The first-order chi connectivity index (χ1) is 7.80. The second-order valence-electron chi connectivity index (χ2n) is 5.57. The molecule has 94 valence electrons. The van der Waals surface area contributed by atoms with Gasteiger partial charge in [0.05, 0.1) is 11.6 Å². The van der Waals surface area contributed by atoms with Crippen molar-refractivity contribution in [2.75, 3.05) is 7.11 Å². The van der Waals surface area contributed by atoms with Gasteiger partial charge < -0.3 is 4.74 Å². The van der Waals surface area contributed by atoms with Crippen molar-refractivity contribution in [3.05, 3.63) is 0 Å². The van der Waals surface area contributed by atoms with E-state index in [0.29, 0.717) is 6.04 Å². The van der Waals surface area contributed by atoms with Gasteiger partial charge in [-0.1, -0.05) is 32.1 Å². The summed E-state index contributed by atoms with van der Waals surface area (Å²) >= 11 is 0. The van der Waals surface area contributed by atoms with Gasteiger partial charge in [-0.25, -0.2) is 0 Å². The lowest BCUT2D eigenvalue weighted by Gasteiger charge is -2.42. The highest BCUT2D eigenvalue weighted by molar-refractivity contribution is 4.95. The van der Waals surface area contributed by atoms with Crippen LogP contribution in [-0.2, 0) is 4.74 Å². The quantitative estimate of drug-likeness (QED) is 0.540. The van der Waals surface area contributed by atoms with E-state index in [1.165, 1.54) is 57.8 Å². The average Bonchev–Trinajstić information content (AvgIpc) is 3.15. The SMILES string of the molecule is COC1(C(CCC2CC2)NN)CCCCC1. The third-order valence-corrected chi connectivity index (χ3v) is 4.50. The maximum atomic E-state index is 5.84. The summed E-state index contributed by atoms with van der Waals surface area (Å²) in [5, 5.41) is 0. The fraction of sp³-hybridized carbons (Fsp3) is 1.00. The highest BCUT2D eigenvalue weighted by Crippen LogP contribution is 2.39. The van der Waals surface area contributed by atoms with Crippen LogP contribution in [0.4, 0.5) is 0 Å². The van der Waals surface area contributed by atoms with Crippen LogP contribution in [-0.4, -0.2) is 18.8 Å². The average molecular weight is 226 g/mol. The maximum Gasteiger partial charge on any atom is 0.0844 e. The molecule has 2 aliphatic carbocycles. The Labute approximate surface area is 99.1 Å². The summed E-state index contributed by atoms with van der Waals surface area (Å²) in [5.41, 5.74) is 3.04. The van der Waals surface area contributed by atoms with E-state index in [4.69, 9.17) is 10.6 Å². The molecule has 1 unspecified atom stereocenters. The molecule has 3 N–H and O–H groups in total. The number of rotatable bonds is 6. The van der Waals surface area contributed by atoms with Gasteiger partial charge in [0.2, 0.25) is 0 Å². The molecule has 0 spiro atoms. The highest BCUT2D eigenvalue weighted by atomic mass is 16.5. The molecule has 2 saturated carbocycles. The first-order valence-electron chi connectivity index (χ1n) is 6.82. The number of ether oxygens (including phenoxy) is 1. The Hall–Kier alpha value is -0.120. The molecule has 0 heterocycles. The van der Waals surface area contributed by atoms with Gasteiger partial charge in [0, 0.05) is 7.11 Å². The van der Waals surface area contributed by atoms with Crippen molar-refractivity contribution in [2.45, 2.75) is 69.4 Å². The summed E-state index contributed by atoms with van der Waals surface area (Å²) in [5.74, 6) is 6.72. The topological polar surface area (TPSA) is 47.3 Å². The second-order valence-corrected chi connectivity index (χ2v) is 5.57. The number of nitrogens with one attached hydrogen (secondary N) is 1. The van der Waals surface area contributed by atoms with E-state index in [1.54, 1.807) is 0 Å². The van der Waals surface area contributed by atoms with Crippen LogP contribution in [0.15, 0.2) is 0 Å². The van der Waals surface area contributed by atoms with Crippen molar-refractivity contribution >= 4 is 0 Å². The van der Waals surface area contributed by atoms with E-state index < -0.39 is 0 Å². The molecule has 0 radical (unpaired) electrons. The van der Waals surface area contributed by atoms with Gasteiger partial charge in [0.1, 0.15) is 0 Å². The Kier molecular flexibility index (Phi) is 4.22. The summed E-state index contributed by atoms with van der Waals surface area (Å²) in [6.07, 6.45) is 11.6. The lowest BCUT2D eigenvalue weighted by Crippen LogP contribution is -2.55. The second kappa shape index (κ2) is 5.48. The standard InChI is InChI=1S/C13H26N2O/c1-16-13(9-3-2-4-10-13)12(15-14)8-7-11-5-6-11/h11-12,15H,2-10,14H2,1H3. The van der Waals surface area contributed by atoms with Crippen LogP contribution in [0.1, 0.15) is 57.8 Å². The normalized spacial score (nSPS) is 26.6. The van der Waals surface area contributed by atoms with E-state index in [1.807, 2.05) is 7.11 Å². The number of hydrogen-bond donors (Lipinski definition) is 2. The molecular weight excluding hydrogens is 200 g/mol. The molecule has 2 fully saturated rings. The summed E-state index contributed by atoms with van der Waals surface area (Å²) in [4.78, 5) is 0. The molecule has 3 heteroatoms. The van der Waals surface area contributed by atoms with Crippen LogP contribution in [0.3, 0.4) is 0 Å². The highest BCUT2D eigenvalue weighted by Gasteiger charge is 2.40. The van der Waals surface area contributed by atoms with Crippen LogP contribution in [0.5, 0.6) is 0 Å². The fourth-order valence-electron chi connectivity index (χ4n) is 3.15. The van der Waals surface area contributed by atoms with Crippen LogP contribution < -0.4 is 11.3 Å². The van der Waals surface area contributed by atoms with Crippen LogP contribution in [0.25, 0.3) is 0 Å². The minimum Gasteiger partial charge on any atom is -0.377 e. The molecule has 0 aromatic rings. The molecule has 2 aliphatic rings. The van der Waals surface area contributed by atoms with Crippen molar-refractivity contribution in [3.63, 3.8) is 0 Å². The van der Waals surface area contributed by atoms with Crippen molar-refractivity contribution in [1.82, 2.24) is 5.43 Å². The summed E-state index contributed by atoms with van der Waals surface area (Å²) in [6, 6.07) is 0.346. The van der Waals surface area contributed by atoms with Crippen LogP contribution in [0, 0.1) is 5.92 Å². The number of hydrazine groups is 1.